The van der Waals surface area contributed by atoms with Gasteiger partial charge in [0.25, 0.3) is 0 Å². The molecule has 1 aliphatic heterocycles. The minimum atomic E-state index is -0.668. The van der Waals surface area contributed by atoms with Crippen molar-refractivity contribution in [3.63, 3.8) is 0 Å². The Kier molecular flexibility index (Phi) is 8.16. The minimum Gasteiger partial charge on any atom is -0.494 e. The van der Waals surface area contributed by atoms with Gasteiger partial charge in [0, 0.05) is 19.6 Å². The molecule has 0 saturated carbocycles. The summed E-state index contributed by atoms with van der Waals surface area (Å²) in [6.45, 7) is 5.21. The first-order valence-electron chi connectivity index (χ1n) is 11.0. The number of nitrogens with zero attached hydrogens (tertiary/aromatic N) is 1. The van der Waals surface area contributed by atoms with Crippen molar-refractivity contribution in [1.29, 1.82) is 0 Å². The van der Waals surface area contributed by atoms with Crippen LogP contribution in [0.5, 0.6) is 5.75 Å². The van der Waals surface area contributed by atoms with Crippen LogP contribution in [0.4, 0.5) is 0 Å². The number of allylic oxidation sites excluding steroid dienone is 1. The van der Waals surface area contributed by atoms with E-state index in [-0.39, 0.29) is 18.3 Å². The molecule has 0 bridgehead atoms. The largest absolute Gasteiger partial charge is 0.494 e. The molecule has 2 aliphatic rings. The molecule has 2 aromatic carbocycles. The van der Waals surface area contributed by atoms with Crippen LogP contribution in [-0.4, -0.2) is 42.2 Å². The standard InChI is InChI=1S/C26H31NO3.ClH/c1-19-22(16-27-17-23(18-27)26(28)29)11-10-21-15-24(12-13-25(19)21)30-14-6-5-9-20-7-3-2-4-8-20;/h2-4,7-8,12-13,15,23H,5-6,9-11,14,16-18H2,1H3,(H,28,29);1H. The summed E-state index contributed by atoms with van der Waals surface area (Å²) in [7, 11) is 0. The third-order valence-corrected chi connectivity index (χ3v) is 6.40. The first-order chi connectivity index (χ1) is 14.6. The van der Waals surface area contributed by atoms with Crippen LogP contribution in [0, 0.1) is 5.92 Å². The molecule has 1 N–H and O–H groups in total. The van der Waals surface area contributed by atoms with Gasteiger partial charge < -0.3 is 9.84 Å². The van der Waals surface area contributed by atoms with E-state index in [1.807, 2.05) is 0 Å². The SMILES string of the molecule is CC1=C(CN2CC(C(=O)O)C2)CCc2cc(OCCCCc3ccccc3)ccc21.Cl. The predicted octanol–water partition coefficient (Wildman–Crippen LogP) is 5.25. The molecule has 4 nitrogen and oxygen atoms in total. The van der Waals surface area contributed by atoms with E-state index in [2.05, 4.69) is 60.4 Å². The highest BCUT2D eigenvalue weighted by atomic mass is 35.5. The lowest BCUT2D eigenvalue weighted by Gasteiger charge is -2.38. The van der Waals surface area contributed by atoms with Crippen molar-refractivity contribution in [3.8, 4) is 5.75 Å². The van der Waals surface area contributed by atoms with Gasteiger partial charge in [-0.3, -0.25) is 9.69 Å². The molecule has 1 heterocycles. The van der Waals surface area contributed by atoms with E-state index in [1.165, 1.54) is 27.8 Å². The Labute approximate surface area is 191 Å². The Morgan fingerprint density at radius 2 is 1.87 bits per heavy atom. The van der Waals surface area contributed by atoms with Crippen molar-refractivity contribution in [2.45, 2.75) is 39.0 Å². The number of likely N-dealkylation sites (tertiary alicyclic amines) is 1. The summed E-state index contributed by atoms with van der Waals surface area (Å²) in [6.07, 6.45) is 5.38. The number of fused-ring (bicyclic) bond motifs is 1. The van der Waals surface area contributed by atoms with E-state index in [1.54, 1.807) is 0 Å². The lowest BCUT2D eigenvalue weighted by atomic mass is 9.85. The van der Waals surface area contributed by atoms with Gasteiger partial charge in [0.1, 0.15) is 5.75 Å². The number of rotatable bonds is 9. The fourth-order valence-electron chi connectivity index (χ4n) is 4.48. The summed E-state index contributed by atoms with van der Waals surface area (Å²) in [4.78, 5) is 13.3. The first-order valence-corrected chi connectivity index (χ1v) is 11.0. The van der Waals surface area contributed by atoms with Gasteiger partial charge in [0.05, 0.1) is 12.5 Å². The summed E-state index contributed by atoms with van der Waals surface area (Å²) >= 11 is 0. The van der Waals surface area contributed by atoms with Crippen LogP contribution >= 0.6 is 12.4 Å². The molecule has 31 heavy (non-hydrogen) atoms. The van der Waals surface area contributed by atoms with Crippen LogP contribution in [0.3, 0.4) is 0 Å². The predicted molar refractivity (Wildman–Crippen MR) is 127 cm³/mol. The van der Waals surface area contributed by atoms with E-state index in [0.29, 0.717) is 13.1 Å². The highest BCUT2D eigenvalue weighted by Crippen LogP contribution is 2.34. The van der Waals surface area contributed by atoms with Gasteiger partial charge in [-0.2, -0.15) is 0 Å². The molecule has 1 aliphatic carbocycles. The van der Waals surface area contributed by atoms with Crippen molar-refractivity contribution >= 4 is 23.9 Å². The molecule has 0 amide bonds. The van der Waals surface area contributed by atoms with Crippen LogP contribution in [0.2, 0.25) is 0 Å². The maximum Gasteiger partial charge on any atom is 0.309 e. The zero-order valence-electron chi connectivity index (χ0n) is 18.2. The molecule has 166 valence electrons. The summed E-state index contributed by atoms with van der Waals surface area (Å²) in [5.74, 6) is 0.115. The van der Waals surface area contributed by atoms with Crippen LogP contribution in [0.1, 0.15) is 42.9 Å². The quantitative estimate of drug-likeness (QED) is 0.540. The van der Waals surface area contributed by atoms with Gasteiger partial charge in [0.15, 0.2) is 0 Å². The topological polar surface area (TPSA) is 49.8 Å². The normalized spacial score (nSPS) is 16.3. The molecule has 0 atom stereocenters. The number of benzene rings is 2. The molecule has 2 aromatic rings. The Hall–Kier alpha value is -2.30. The number of carboxylic acid groups (broad SMARTS) is 1. The van der Waals surface area contributed by atoms with Gasteiger partial charge in [-0.25, -0.2) is 0 Å². The van der Waals surface area contributed by atoms with Crippen LogP contribution in [0.15, 0.2) is 54.1 Å². The molecule has 0 aromatic heterocycles. The van der Waals surface area contributed by atoms with Gasteiger partial charge in [-0.15, -0.1) is 12.4 Å². The Morgan fingerprint density at radius 1 is 1.10 bits per heavy atom. The van der Waals surface area contributed by atoms with Crippen LogP contribution < -0.4 is 4.74 Å². The number of ether oxygens (including phenoxy) is 1. The number of halogens is 1. The zero-order valence-corrected chi connectivity index (χ0v) is 19.0. The molecule has 0 spiro atoms. The van der Waals surface area contributed by atoms with Gasteiger partial charge >= 0.3 is 5.97 Å². The number of carboxylic acids is 1. The summed E-state index contributed by atoms with van der Waals surface area (Å²) in [6, 6.07) is 17.1. The third kappa shape index (κ3) is 5.90. The molecule has 5 heteroatoms. The fraction of sp³-hybridized carbons (Fsp3) is 0.423. The van der Waals surface area contributed by atoms with Gasteiger partial charge in [-0.05, 0) is 73.4 Å². The molecular weight excluding hydrogens is 410 g/mol. The first kappa shape index (κ1) is 23.4. The lowest BCUT2D eigenvalue weighted by molar-refractivity contribution is -0.147. The number of carbonyl (C=O) groups is 1. The second-order valence-corrected chi connectivity index (χ2v) is 8.57. The Morgan fingerprint density at radius 3 is 2.61 bits per heavy atom. The fourth-order valence-corrected chi connectivity index (χ4v) is 4.48. The number of aliphatic carboxylic acids is 1. The molecule has 1 saturated heterocycles. The molecule has 0 unspecified atom stereocenters. The van der Waals surface area contributed by atoms with Crippen LogP contribution in [-0.2, 0) is 17.6 Å². The number of hydrogen-bond acceptors (Lipinski definition) is 3. The van der Waals surface area contributed by atoms with Crippen molar-refractivity contribution in [3.05, 3.63) is 70.8 Å². The van der Waals surface area contributed by atoms with Crippen LogP contribution in [0.25, 0.3) is 5.57 Å². The second-order valence-electron chi connectivity index (χ2n) is 8.57. The number of hydrogen-bond donors (Lipinski definition) is 1. The van der Waals surface area contributed by atoms with E-state index in [9.17, 15) is 4.79 Å². The van der Waals surface area contributed by atoms with E-state index >= 15 is 0 Å². The van der Waals surface area contributed by atoms with Crippen molar-refractivity contribution in [2.24, 2.45) is 5.92 Å². The maximum atomic E-state index is 11.0. The summed E-state index contributed by atoms with van der Waals surface area (Å²) in [5.41, 5.74) is 6.87. The Balaban J connectivity index is 0.00000272. The second kappa shape index (κ2) is 10.8. The lowest BCUT2D eigenvalue weighted by Crippen LogP contribution is -2.50. The average Bonchev–Trinajstić information content (AvgIpc) is 2.72. The maximum absolute atomic E-state index is 11.0. The van der Waals surface area contributed by atoms with Crippen molar-refractivity contribution < 1.29 is 14.6 Å². The van der Waals surface area contributed by atoms with E-state index in [0.717, 1.165) is 51.0 Å². The van der Waals surface area contributed by atoms with Crippen molar-refractivity contribution in [2.75, 3.05) is 26.2 Å². The summed E-state index contributed by atoms with van der Waals surface area (Å²) < 4.78 is 6.02. The van der Waals surface area contributed by atoms with Crippen molar-refractivity contribution in [1.82, 2.24) is 4.90 Å². The zero-order chi connectivity index (χ0) is 20.9. The molecule has 4 rings (SSSR count). The molecule has 1 fully saturated rings. The molecular formula is C26H32ClNO3. The monoisotopic (exact) mass is 441 g/mol. The minimum absolute atomic E-state index is 0. The highest BCUT2D eigenvalue weighted by molar-refractivity contribution is 5.85. The molecule has 0 radical (unpaired) electrons. The average molecular weight is 442 g/mol. The van der Waals surface area contributed by atoms with E-state index < -0.39 is 5.97 Å². The van der Waals surface area contributed by atoms with Gasteiger partial charge in [-0.1, -0.05) is 42.0 Å². The number of aryl methyl sites for hydroxylation is 2. The Bertz CT molecular complexity index is 920. The van der Waals surface area contributed by atoms with Gasteiger partial charge in [0.2, 0.25) is 0 Å². The summed E-state index contributed by atoms with van der Waals surface area (Å²) in [5, 5.41) is 9.06. The van der Waals surface area contributed by atoms with E-state index in [4.69, 9.17) is 9.84 Å². The number of unbranched alkanes of at least 4 members (excludes halogenated alkanes) is 1. The smallest absolute Gasteiger partial charge is 0.309 e. The highest BCUT2D eigenvalue weighted by Gasteiger charge is 2.33. The third-order valence-electron chi connectivity index (χ3n) is 6.40.